The molecule has 1 heterocycles. The molecular weight excluding hydrogens is 216 g/mol. The number of hydrogen-bond acceptors (Lipinski definition) is 3. The van der Waals surface area contributed by atoms with E-state index in [0.717, 1.165) is 26.2 Å². The van der Waals surface area contributed by atoms with Crippen molar-refractivity contribution in [3.05, 3.63) is 22.4 Å². The summed E-state index contributed by atoms with van der Waals surface area (Å²) < 4.78 is 0. The summed E-state index contributed by atoms with van der Waals surface area (Å²) in [7, 11) is 0. The molecule has 92 valence electrons. The van der Waals surface area contributed by atoms with Gasteiger partial charge in [0.05, 0.1) is 0 Å². The van der Waals surface area contributed by atoms with Crippen LogP contribution >= 0.6 is 11.3 Å². The molecule has 0 aromatic carbocycles. The average Bonchev–Trinajstić information content (AvgIpc) is 2.67. The van der Waals surface area contributed by atoms with Gasteiger partial charge in [0.25, 0.3) is 0 Å². The maximum absolute atomic E-state index is 3.53. The maximum atomic E-state index is 3.53. The molecule has 16 heavy (non-hydrogen) atoms. The molecule has 0 saturated carbocycles. The molecule has 3 heteroatoms. The monoisotopic (exact) mass is 240 g/mol. The lowest BCUT2D eigenvalue weighted by atomic mass is 10.1. The number of rotatable bonds is 6. The third-order valence-corrected chi connectivity index (χ3v) is 3.35. The van der Waals surface area contributed by atoms with Crippen LogP contribution in [0.1, 0.15) is 32.6 Å². The Balaban J connectivity index is 2.27. The van der Waals surface area contributed by atoms with Crippen molar-refractivity contribution in [3.8, 4) is 0 Å². The van der Waals surface area contributed by atoms with Gasteiger partial charge in [0.1, 0.15) is 0 Å². The van der Waals surface area contributed by atoms with Crippen LogP contribution < -0.4 is 5.32 Å². The van der Waals surface area contributed by atoms with Crippen molar-refractivity contribution < 1.29 is 0 Å². The van der Waals surface area contributed by atoms with E-state index >= 15 is 0 Å². The van der Waals surface area contributed by atoms with Crippen molar-refractivity contribution >= 4 is 11.3 Å². The predicted octanol–water partition coefficient (Wildman–Crippen LogP) is 2.96. The minimum Gasteiger partial charge on any atom is -0.311 e. The van der Waals surface area contributed by atoms with Crippen LogP contribution in [-0.2, 0) is 6.54 Å². The highest BCUT2D eigenvalue weighted by Gasteiger charge is 2.09. The first-order valence-corrected chi connectivity index (χ1v) is 6.89. The minimum atomic E-state index is 0.225. The van der Waals surface area contributed by atoms with Crippen molar-refractivity contribution in [2.24, 2.45) is 0 Å². The Hall–Kier alpha value is -0.380. The highest BCUT2D eigenvalue weighted by atomic mass is 32.1. The number of nitrogens with zero attached hydrogens (tertiary/aromatic N) is 1. The van der Waals surface area contributed by atoms with Crippen LogP contribution in [0.25, 0.3) is 0 Å². The maximum Gasteiger partial charge on any atom is 0.0328 e. The van der Waals surface area contributed by atoms with E-state index in [2.05, 4.69) is 55.4 Å². The fraction of sp³-hybridized carbons (Fsp3) is 0.692. The molecule has 0 radical (unpaired) electrons. The Kier molecular flexibility index (Phi) is 5.46. The summed E-state index contributed by atoms with van der Waals surface area (Å²) in [4.78, 5) is 3.93. The zero-order valence-electron chi connectivity index (χ0n) is 10.9. The van der Waals surface area contributed by atoms with E-state index in [1.54, 1.807) is 0 Å². The molecule has 1 aromatic heterocycles. The topological polar surface area (TPSA) is 15.3 Å². The molecule has 1 N–H and O–H groups in total. The van der Waals surface area contributed by atoms with E-state index in [-0.39, 0.29) is 5.54 Å². The summed E-state index contributed by atoms with van der Waals surface area (Å²) in [5.74, 6) is 0. The van der Waals surface area contributed by atoms with Crippen LogP contribution in [0.2, 0.25) is 0 Å². The van der Waals surface area contributed by atoms with E-state index < -0.39 is 0 Å². The van der Waals surface area contributed by atoms with E-state index in [0.29, 0.717) is 0 Å². The third kappa shape index (κ3) is 5.64. The lowest BCUT2D eigenvalue weighted by Gasteiger charge is -2.24. The molecule has 0 aliphatic heterocycles. The van der Waals surface area contributed by atoms with Gasteiger partial charge >= 0.3 is 0 Å². The second kappa shape index (κ2) is 6.38. The molecule has 1 aromatic rings. The molecule has 1 rings (SSSR count). The SMILES string of the molecule is CCN(CCNC(C)(C)C)Cc1cccs1. The molecule has 0 atom stereocenters. The van der Waals surface area contributed by atoms with Gasteiger partial charge < -0.3 is 5.32 Å². The highest BCUT2D eigenvalue weighted by molar-refractivity contribution is 7.09. The van der Waals surface area contributed by atoms with E-state index in [9.17, 15) is 0 Å². The fourth-order valence-corrected chi connectivity index (χ4v) is 2.31. The van der Waals surface area contributed by atoms with Gasteiger partial charge in [0, 0.05) is 30.1 Å². The standard InChI is InChI=1S/C13H24N2S/c1-5-15(9-8-14-13(2,3)4)11-12-7-6-10-16-12/h6-7,10,14H,5,8-9,11H2,1-4H3. The summed E-state index contributed by atoms with van der Waals surface area (Å²) in [5.41, 5.74) is 0.225. The summed E-state index contributed by atoms with van der Waals surface area (Å²) in [6.45, 7) is 13.2. The summed E-state index contributed by atoms with van der Waals surface area (Å²) in [6, 6.07) is 4.34. The van der Waals surface area contributed by atoms with Crippen LogP contribution in [0, 0.1) is 0 Å². The van der Waals surface area contributed by atoms with Crippen molar-refractivity contribution in [1.29, 1.82) is 0 Å². The number of thiophene rings is 1. The van der Waals surface area contributed by atoms with Crippen molar-refractivity contribution in [3.63, 3.8) is 0 Å². The Labute approximate surface area is 104 Å². The van der Waals surface area contributed by atoms with Gasteiger partial charge in [-0.3, -0.25) is 4.90 Å². The van der Waals surface area contributed by atoms with Crippen molar-refractivity contribution in [2.45, 2.75) is 39.8 Å². The first-order valence-electron chi connectivity index (χ1n) is 6.01. The van der Waals surface area contributed by atoms with Crippen molar-refractivity contribution in [1.82, 2.24) is 10.2 Å². The lowest BCUT2D eigenvalue weighted by molar-refractivity contribution is 0.268. The molecule has 2 nitrogen and oxygen atoms in total. The normalized spacial score (nSPS) is 12.3. The summed E-state index contributed by atoms with van der Waals surface area (Å²) >= 11 is 1.84. The highest BCUT2D eigenvalue weighted by Crippen LogP contribution is 2.11. The molecule has 0 saturated heterocycles. The quantitative estimate of drug-likeness (QED) is 0.822. The van der Waals surface area contributed by atoms with Gasteiger partial charge in [-0.05, 0) is 38.8 Å². The predicted molar refractivity (Wildman–Crippen MR) is 73.0 cm³/mol. The fourth-order valence-electron chi connectivity index (χ4n) is 1.56. The average molecular weight is 240 g/mol. The van der Waals surface area contributed by atoms with Gasteiger partial charge in [-0.2, -0.15) is 0 Å². The Bertz CT molecular complexity index is 275. The first kappa shape index (κ1) is 13.7. The van der Waals surface area contributed by atoms with Gasteiger partial charge in [0.15, 0.2) is 0 Å². The Morgan fingerprint density at radius 3 is 2.62 bits per heavy atom. The van der Waals surface area contributed by atoms with E-state index in [4.69, 9.17) is 0 Å². The zero-order valence-corrected chi connectivity index (χ0v) is 11.7. The van der Waals surface area contributed by atoms with Gasteiger partial charge in [0.2, 0.25) is 0 Å². The largest absolute Gasteiger partial charge is 0.311 e. The van der Waals surface area contributed by atoms with E-state index in [1.165, 1.54) is 4.88 Å². The molecule has 0 aliphatic rings. The smallest absolute Gasteiger partial charge is 0.0328 e. The Morgan fingerprint density at radius 1 is 1.38 bits per heavy atom. The van der Waals surface area contributed by atoms with Crippen LogP contribution in [-0.4, -0.2) is 30.1 Å². The minimum absolute atomic E-state index is 0.225. The molecule has 0 spiro atoms. The second-order valence-electron chi connectivity index (χ2n) is 5.12. The van der Waals surface area contributed by atoms with Crippen LogP contribution in [0.5, 0.6) is 0 Å². The lowest BCUT2D eigenvalue weighted by Crippen LogP contribution is -2.41. The van der Waals surface area contributed by atoms with Crippen molar-refractivity contribution in [2.75, 3.05) is 19.6 Å². The molecule has 0 aliphatic carbocycles. The summed E-state index contributed by atoms with van der Waals surface area (Å²) in [6.07, 6.45) is 0. The molecular formula is C13H24N2S. The number of nitrogens with one attached hydrogen (secondary N) is 1. The number of likely N-dealkylation sites (N-methyl/N-ethyl adjacent to an activating group) is 1. The second-order valence-corrected chi connectivity index (χ2v) is 6.16. The molecule has 0 fully saturated rings. The number of hydrogen-bond donors (Lipinski definition) is 1. The van der Waals surface area contributed by atoms with Gasteiger partial charge in [-0.1, -0.05) is 13.0 Å². The van der Waals surface area contributed by atoms with Gasteiger partial charge in [-0.15, -0.1) is 11.3 Å². The Morgan fingerprint density at radius 2 is 2.12 bits per heavy atom. The van der Waals surface area contributed by atoms with E-state index in [1.807, 2.05) is 11.3 Å². The summed E-state index contributed by atoms with van der Waals surface area (Å²) in [5, 5.41) is 5.68. The first-order chi connectivity index (χ1) is 7.51. The van der Waals surface area contributed by atoms with Crippen LogP contribution in [0.3, 0.4) is 0 Å². The molecule has 0 amide bonds. The molecule has 0 bridgehead atoms. The van der Waals surface area contributed by atoms with Crippen LogP contribution in [0.4, 0.5) is 0 Å². The van der Waals surface area contributed by atoms with Crippen LogP contribution in [0.15, 0.2) is 17.5 Å². The zero-order chi connectivity index (χ0) is 12.0. The molecule has 0 unspecified atom stereocenters. The van der Waals surface area contributed by atoms with Gasteiger partial charge in [-0.25, -0.2) is 0 Å². The third-order valence-electron chi connectivity index (χ3n) is 2.49.